The van der Waals surface area contributed by atoms with Crippen LogP contribution in [0.15, 0.2) is 36.7 Å². The summed E-state index contributed by atoms with van der Waals surface area (Å²) < 4.78 is 28.3. The van der Waals surface area contributed by atoms with Gasteiger partial charge in [-0.2, -0.15) is 0 Å². The molecule has 0 saturated heterocycles. The van der Waals surface area contributed by atoms with Crippen molar-refractivity contribution in [3.8, 4) is 0 Å². The quantitative estimate of drug-likeness (QED) is 0.625. The second-order valence-electron chi connectivity index (χ2n) is 3.85. The van der Waals surface area contributed by atoms with E-state index in [1.54, 1.807) is 18.2 Å². The molecule has 2 rings (SSSR count). The number of thiophene rings is 1. The van der Waals surface area contributed by atoms with E-state index in [4.69, 9.17) is 29.6 Å². The number of hydrogen-bond donors (Lipinski definition) is 2. The van der Waals surface area contributed by atoms with Gasteiger partial charge in [-0.1, -0.05) is 23.8 Å². The zero-order chi connectivity index (χ0) is 15.8. The van der Waals surface area contributed by atoms with Gasteiger partial charge in [-0.05, 0) is 56.1 Å². The average molecular weight is 491 g/mol. The summed E-state index contributed by atoms with van der Waals surface area (Å²) in [6.07, 6.45) is 0. The van der Waals surface area contributed by atoms with E-state index in [0.717, 1.165) is 11.3 Å². The van der Waals surface area contributed by atoms with Gasteiger partial charge in [0, 0.05) is 10.0 Å². The lowest BCUT2D eigenvalue weighted by Crippen LogP contribution is -2.13. The minimum atomic E-state index is -3.71. The van der Waals surface area contributed by atoms with Gasteiger partial charge in [-0.3, -0.25) is 4.72 Å². The molecule has 4 nitrogen and oxygen atoms in total. The van der Waals surface area contributed by atoms with Crippen molar-refractivity contribution in [3.05, 3.63) is 43.1 Å². The summed E-state index contributed by atoms with van der Waals surface area (Å²) in [6.45, 7) is 0. The molecule has 0 unspecified atom stereocenters. The molecule has 10 heteroatoms. The van der Waals surface area contributed by atoms with Crippen molar-refractivity contribution in [1.29, 1.82) is 0 Å². The molecular formula is C11H7Br2ClN2O2S3. The maximum Gasteiger partial charge on any atom is 0.271 e. The summed E-state index contributed by atoms with van der Waals surface area (Å²) in [5.41, 5.74) is 6.55. The molecule has 0 bridgehead atoms. The minimum absolute atomic E-state index is 0.115. The fourth-order valence-electron chi connectivity index (χ4n) is 1.41. The Bertz CT molecular complexity index is 801. The SMILES string of the molecule is NC(=S)c1ccc(NS(=O)(=O)c2cc(Cl)c(Br)s2)c(Br)c1. The van der Waals surface area contributed by atoms with E-state index in [1.165, 1.54) is 6.07 Å². The molecular weight excluding hydrogens is 484 g/mol. The predicted molar refractivity (Wildman–Crippen MR) is 97.9 cm³/mol. The standard InChI is InChI=1S/C11H7Br2ClN2O2S3/c12-6-3-5(11(15)19)1-2-8(6)16-21(17,18)9-4-7(14)10(13)20-9/h1-4,16H,(H2,15,19). The number of halogens is 3. The highest BCUT2D eigenvalue weighted by Crippen LogP contribution is 2.36. The highest BCUT2D eigenvalue weighted by molar-refractivity contribution is 9.11. The average Bonchev–Trinajstić information content (AvgIpc) is 2.72. The first kappa shape index (κ1) is 17.2. The summed E-state index contributed by atoms with van der Waals surface area (Å²) in [4.78, 5) is 0.235. The molecule has 1 aromatic heterocycles. The smallest absolute Gasteiger partial charge is 0.271 e. The van der Waals surface area contributed by atoms with Gasteiger partial charge in [0.25, 0.3) is 10.0 Å². The van der Waals surface area contributed by atoms with E-state index in [9.17, 15) is 8.42 Å². The number of hydrogen-bond acceptors (Lipinski definition) is 4. The topological polar surface area (TPSA) is 72.2 Å². The number of thiocarbonyl (C=S) groups is 1. The Morgan fingerprint density at radius 3 is 2.48 bits per heavy atom. The van der Waals surface area contributed by atoms with Gasteiger partial charge in [0.1, 0.15) is 9.20 Å². The molecule has 2 aromatic rings. The summed E-state index contributed by atoms with van der Waals surface area (Å²) in [5, 5.41) is 0.350. The summed E-state index contributed by atoms with van der Waals surface area (Å²) in [7, 11) is -3.71. The number of sulfonamides is 1. The first-order valence-electron chi connectivity index (χ1n) is 5.27. The van der Waals surface area contributed by atoms with Crippen LogP contribution in [0.1, 0.15) is 5.56 Å². The Morgan fingerprint density at radius 1 is 1.33 bits per heavy atom. The van der Waals surface area contributed by atoms with Crippen molar-refractivity contribution in [2.75, 3.05) is 4.72 Å². The summed E-state index contributed by atoms with van der Waals surface area (Å²) in [6, 6.07) is 6.26. The first-order valence-corrected chi connectivity index (χ1v) is 9.95. The Balaban J connectivity index is 2.35. The van der Waals surface area contributed by atoms with Crippen molar-refractivity contribution < 1.29 is 8.42 Å². The highest BCUT2D eigenvalue weighted by Gasteiger charge is 2.20. The molecule has 0 spiro atoms. The third-order valence-electron chi connectivity index (χ3n) is 2.39. The van der Waals surface area contributed by atoms with E-state index >= 15 is 0 Å². The van der Waals surface area contributed by atoms with Crippen LogP contribution < -0.4 is 10.5 Å². The number of anilines is 1. The highest BCUT2D eigenvalue weighted by atomic mass is 79.9. The van der Waals surface area contributed by atoms with Crippen molar-refractivity contribution in [2.45, 2.75) is 4.21 Å². The van der Waals surface area contributed by atoms with Crippen LogP contribution in [-0.2, 0) is 10.0 Å². The van der Waals surface area contributed by atoms with Gasteiger partial charge >= 0.3 is 0 Å². The lowest BCUT2D eigenvalue weighted by atomic mass is 10.2. The fourth-order valence-corrected chi connectivity index (χ4v) is 5.62. The molecule has 0 aliphatic heterocycles. The molecule has 0 aliphatic rings. The van der Waals surface area contributed by atoms with Crippen molar-refractivity contribution in [2.24, 2.45) is 5.73 Å². The summed E-state index contributed by atoms with van der Waals surface area (Å²) in [5.74, 6) is 0. The largest absolute Gasteiger partial charge is 0.389 e. The fraction of sp³-hybridized carbons (Fsp3) is 0. The van der Waals surface area contributed by atoms with Gasteiger partial charge in [0.05, 0.1) is 14.5 Å². The Hall–Kier alpha value is -0.190. The maximum atomic E-state index is 12.3. The Kier molecular flexibility index (Phi) is 5.32. The Labute approximate surface area is 153 Å². The number of benzene rings is 1. The van der Waals surface area contributed by atoms with E-state index < -0.39 is 10.0 Å². The first-order chi connectivity index (χ1) is 9.70. The Morgan fingerprint density at radius 2 is 2.00 bits per heavy atom. The summed E-state index contributed by atoms with van der Waals surface area (Å²) >= 11 is 18.2. The van der Waals surface area contributed by atoms with Gasteiger partial charge in [0.2, 0.25) is 0 Å². The molecule has 0 aliphatic carbocycles. The van der Waals surface area contributed by atoms with Crippen LogP contribution in [0, 0.1) is 0 Å². The number of nitrogens with one attached hydrogen (secondary N) is 1. The van der Waals surface area contributed by atoms with E-state index in [0.29, 0.717) is 24.5 Å². The molecule has 0 saturated carbocycles. The molecule has 1 heterocycles. The lowest BCUT2D eigenvalue weighted by molar-refractivity contribution is 0.603. The molecule has 3 N–H and O–H groups in total. The van der Waals surface area contributed by atoms with Crippen LogP contribution in [0.2, 0.25) is 5.02 Å². The predicted octanol–water partition coefficient (Wildman–Crippen LogP) is 4.36. The van der Waals surface area contributed by atoms with Crippen molar-refractivity contribution >= 4 is 87.7 Å². The van der Waals surface area contributed by atoms with Crippen LogP contribution >= 0.6 is 67.0 Å². The molecule has 0 amide bonds. The molecule has 1 aromatic carbocycles. The lowest BCUT2D eigenvalue weighted by Gasteiger charge is -2.09. The van der Waals surface area contributed by atoms with Crippen LogP contribution in [-0.4, -0.2) is 13.4 Å². The third-order valence-corrected chi connectivity index (χ3v) is 7.59. The van der Waals surface area contributed by atoms with E-state index in [1.807, 2.05) is 0 Å². The normalized spacial score (nSPS) is 11.4. The maximum absolute atomic E-state index is 12.3. The van der Waals surface area contributed by atoms with Crippen molar-refractivity contribution in [3.63, 3.8) is 0 Å². The van der Waals surface area contributed by atoms with Crippen LogP contribution in [0.25, 0.3) is 0 Å². The third kappa shape index (κ3) is 3.96. The second-order valence-corrected chi connectivity index (χ2v) is 9.83. The minimum Gasteiger partial charge on any atom is -0.389 e. The molecule has 0 fully saturated rings. The molecule has 112 valence electrons. The van der Waals surface area contributed by atoms with Crippen molar-refractivity contribution in [1.82, 2.24) is 0 Å². The van der Waals surface area contributed by atoms with Crippen LogP contribution in [0.4, 0.5) is 5.69 Å². The van der Waals surface area contributed by atoms with Gasteiger partial charge < -0.3 is 5.73 Å². The van der Waals surface area contributed by atoms with Gasteiger partial charge in [-0.25, -0.2) is 8.42 Å². The van der Waals surface area contributed by atoms with Gasteiger partial charge in [0.15, 0.2) is 0 Å². The number of nitrogens with two attached hydrogens (primary N) is 1. The monoisotopic (exact) mass is 488 g/mol. The zero-order valence-corrected chi connectivity index (χ0v) is 16.4. The zero-order valence-electron chi connectivity index (χ0n) is 10.1. The van der Waals surface area contributed by atoms with Crippen LogP contribution in [0.3, 0.4) is 0 Å². The second kappa shape index (κ2) is 6.51. The molecule has 21 heavy (non-hydrogen) atoms. The van der Waals surface area contributed by atoms with E-state index in [2.05, 4.69) is 36.6 Å². The molecule has 0 radical (unpaired) electrons. The van der Waals surface area contributed by atoms with Gasteiger partial charge in [-0.15, -0.1) is 11.3 Å². The molecule has 0 atom stereocenters. The van der Waals surface area contributed by atoms with E-state index in [-0.39, 0.29) is 9.20 Å². The number of rotatable bonds is 4. The van der Waals surface area contributed by atoms with Crippen LogP contribution in [0.5, 0.6) is 0 Å².